The molecular weight excluding hydrogens is 358 g/mol. The lowest BCUT2D eigenvalue weighted by molar-refractivity contribution is -0.117. The minimum absolute atomic E-state index is 0.0456. The van der Waals surface area contributed by atoms with Crippen LogP contribution in [0, 0.1) is 6.92 Å². The van der Waals surface area contributed by atoms with Gasteiger partial charge in [0.1, 0.15) is 6.54 Å². The SMILES string of the molecule is CCOc1ccc(NC(=O)Cn2nnc(-c3ccccc3C)n2)cc1OCC. The number of amides is 1. The standard InChI is InChI=1S/C20H23N5O3/c1-4-27-17-11-10-15(12-18(17)28-5-2)21-19(26)13-25-23-20(22-24-25)16-9-7-6-8-14(16)3/h6-12H,4-5,13H2,1-3H3,(H,21,26). The van der Waals surface area contributed by atoms with Crippen LogP contribution in [-0.2, 0) is 11.3 Å². The van der Waals surface area contributed by atoms with Crippen molar-refractivity contribution in [3.05, 3.63) is 48.0 Å². The van der Waals surface area contributed by atoms with E-state index in [0.29, 0.717) is 36.2 Å². The van der Waals surface area contributed by atoms with Gasteiger partial charge >= 0.3 is 0 Å². The van der Waals surface area contributed by atoms with Crippen LogP contribution in [0.2, 0.25) is 0 Å². The monoisotopic (exact) mass is 381 g/mol. The summed E-state index contributed by atoms with van der Waals surface area (Å²) in [4.78, 5) is 13.6. The van der Waals surface area contributed by atoms with E-state index in [-0.39, 0.29) is 12.5 Å². The van der Waals surface area contributed by atoms with Gasteiger partial charge < -0.3 is 14.8 Å². The molecular formula is C20H23N5O3. The van der Waals surface area contributed by atoms with Crippen molar-refractivity contribution >= 4 is 11.6 Å². The van der Waals surface area contributed by atoms with Crippen molar-refractivity contribution in [2.45, 2.75) is 27.3 Å². The second-order valence-electron chi connectivity index (χ2n) is 6.03. The molecule has 1 aromatic heterocycles. The molecule has 0 saturated heterocycles. The van der Waals surface area contributed by atoms with Crippen LogP contribution >= 0.6 is 0 Å². The van der Waals surface area contributed by atoms with Gasteiger partial charge in [-0.25, -0.2) is 0 Å². The molecule has 1 N–H and O–H groups in total. The second kappa shape index (κ2) is 8.98. The van der Waals surface area contributed by atoms with Crippen LogP contribution in [0.3, 0.4) is 0 Å². The van der Waals surface area contributed by atoms with Crippen molar-refractivity contribution in [2.24, 2.45) is 0 Å². The molecule has 0 aliphatic carbocycles. The summed E-state index contributed by atoms with van der Waals surface area (Å²) in [6.45, 7) is 6.76. The van der Waals surface area contributed by atoms with Crippen LogP contribution in [0.25, 0.3) is 11.4 Å². The third kappa shape index (κ3) is 4.64. The Morgan fingerprint density at radius 3 is 2.57 bits per heavy atom. The number of hydrogen-bond donors (Lipinski definition) is 1. The van der Waals surface area contributed by atoms with Gasteiger partial charge in [-0.15, -0.1) is 10.2 Å². The first-order valence-corrected chi connectivity index (χ1v) is 9.14. The number of hydrogen-bond acceptors (Lipinski definition) is 6. The van der Waals surface area contributed by atoms with Gasteiger partial charge in [0.2, 0.25) is 11.7 Å². The lowest BCUT2D eigenvalue weighted by Crippen LogP contribution is -2.20. The summed E-state index contributed by atoms with van der Waals surface area (Å²) in [5, 5.41) is 15.1. The van der Waals surface area contributed by atoms with Gasteiger partial charge in [0.15, 0.2) is 11.5 Å². The van der Waals surface area contributed by atoms with Crippen LogP contribution in [0.1, 0.15) is 19.4 Å². The number of benzene rings is 2. The Balaban J connectivity index is 1.68. The molecule has 0 saturated carbocycles. The number of anilines is 1. The van der Waals surface area contributed by atoms with E-state index in [1.165, 1.54) is 4.80 Å². The number of aromatic nitrogens is 4. The molecule has 2 aromatic carbocycles. The Bertz CT molecular complexity index is 955. The Morgan fingerprint density at radius 2 is 1.82 bits per heavy atom. The molecule has 0 aliphatic heterocycles. The number of nitrogens with one attached hydrogen (secondary N) is 1. The maximum absolute atomic E-state index is 12.4. The van der Waals surface area contributed by atoms with Crippen LogP contribution in [0.15, 0.2) is 42.5 Å². The average molecular weight is 381 g/mol. The molecule has 146 valence electrons. The minimum atomic E-state index is -0.264. The lowest BCUT2D eigenvalue weighted by atomic mass is 10.1. The molecule has 3 rings (SSSR count). The predicted octanol–water partition coefficient (Wildman–Crippen LogP) is 3.08. The van der Waals surface area contributed by atoms with Gasteiger partial charge in [-0.3, -0.25) is 4.79 Å². The Hall–Kier alpha value is -3.42. The third-order valence-corrected chi connectivity index (χ3v) is 3.95. The van der Waals surface area contributed by atoms with Crippen molar-refractivity contribution < 1.29 is 14.3 Å². The van der Waals surface area contributed by atoms with Crippen molar-refractivity contribution in [3.63, 3.8) is 0 Å². The smallest absolute Gasteiger partial charge is 0.248 e. The molecule has 1 amide bonds. The molecule has 0 fully saturated rings. The van der Waals surface area contributed by atoms with Crippen molar-refractivity contribution in [2.75, 3.05) is 18.5 Å². The highest BCUT2D eigenvalue weighted by Gasteiger charge is 2.12. The van der Waals surface area contributed by atoms with Gasteiger partial charge in [0, 0.05) is 17.3 Å². The van der Waals surface area contributed by atoms with Crippen molar-refractivity contribution in [3.8, 4) is 22.9 Å². The summed E-state index contributed by atoms with van der Waals surface area (Å²) in [6.07, 6.45) is 0. The molecule has 0 unspecified atom stereocenters. The first-order chi connectivity index (χ1) is 13.6. The van der Waals surface area contributed by atoms with Gasteiger partial charge in [0.05, 0.1) is 13.2 Å². The largest absolute Gasteiger partial charge is 0.490 e. The van der Waals surface area contributed by atoms with E-state index in [4.69, 9.17) is 9.47 Å². The molecule has 0 bridgehead atoms. The first-order valence-electron chi connectivity index (χ1n) is 9.14. The van der Waals surface area contributed by atoms with E-state index < -0.39 is 0 Å². The van der Waals surface area contributed by atoms with Crippen LogP contribution < -0.4 is 14.8 Å². The van der Waals surface area contributed by atoms with E-state index in [0.717, 1.165) is 11.1 Å². The van der Waals surface area contributed by atoms with Crippen LogP contribution in [0.5, 0.6) is 11.5 Å². The summed E-state index contributed by atoms with van der Waals surface area (Å²) in [6, 6.07) is 13.0. The van der Waals surface area contributed by atoms with Gasteiger partial charge in [-0.2, -0.15) is 4.80 Å². The summed E-state index contributed by atoms with van der Waals surface area (Å²) in [7, 11) is 0. The Morgan fingerprint density at radius 1 is 1.07 bits per heavy atom. The number of ether oxygens (including phenoxy) is 2. The number of nitrogens with zero attached hydrogens (tertiary/aromatic N) is 4. The van der Waals surface area contributed by atoms with Crippen LogP contribution in [0.4, 0.5) is 5.69 Å². The fourth-order valence-electron chi connectivity index (χ4n) is 2.70. The number of carbonyl (C=O) groups excluding carboxylic acids is 1. The first kappa shape index (κ1) is 19.3. The highest BCUT2D eigenvalue weighted by atomic mass is 16.5. The summed E-state index contributed by atoms with van der Waals surface area (Å²) >= 11 is 0. The molecule has 0 spiro atoms. The fraction of sp³-hybridized carbons (Fsp3) is 0.300. The summed E-state index contributed by atoms with van der Waals surface area (Å²) < 4.78 is 11.1. The van der Waals surface area contributed by atoms with Gasteiger partial charge in [0.25, 0.3) is 0 Å². The molecule has 3 aromatic rings. The van der Waals surface area contributed by atoms with E-state index in [1.54, 1.807) is 18.2 Å². The van der Waals surface area contributed by atoms with Gasteiger partial charge in [-0.1, -0.05) is 24.3 Å². The molecule has 0 aliphatic rings. The van der Waals surface area contributed by atoms with Crippen LogP contribution in [-0.4, -0.2) is 39.3 Å². The highest BCUT2D eigenvalue weighted by Crippen LogP contribution is 2.30. The second-order valence-corrected chi connectivity index (χ2v) is 6.03. The van der Waals surface area contributed by atoms with E-state index in [2.05, 4.69) is 20.7 Å². The number of aryl methyl sites for hydroxylation is 1. The number of rotatable bonds is 8. The zero-order valence-electron chi connectivity index (χ0n) is 16.2. The van der Waals surface area contributed by atoms with E-state index >= 15 is 0 Å². The molecule has 0 atom stereocenters. The Kier molecular flexibility index (Phi) is 6.21. The molecule has 1 heterocycles. The molecule has 0 radical (unpaired) electrons. The van der Waals surface area contributed by atoms with Gasteiger partial charge in [-0.05, 0) is 43.7 Å². The number of carbonyl (C=O) groups is 1. The van der Waals surface area contributed by atoms with Crippen molar-refractivity contribution in [1.82, 2.24) is 20.2 Å². The topological polar surface area (TPSA) is 91.2 Å². The minimum Gasteiger partial charge on any atom is -0.490 e. The summed E-state index contributed by atoms with van der Waals surface area (Å²) in [5.74, 6) is 1.46. The maximum atomic E-state index is 12.4. The molecule has 28 heavy (non-hydrogen) atoms. The average Bonchev–Trinajstić information content (AvgIpc) is 3.12. The Labute approximate surface area is 163 Å². The molecule has 8 heteroatoms. The molecule has 8 nitrogen and oxygen atoms in total. The zero-order chi connectivity index (χ0) is 19.9. The predicted molar refractivity (Wildman–Crippen MR) is 105 cm³/mol. The highest BCUT2D eigenvalue weighted by molar-refractivity contribution is 5.90. The zero-order valence-corrected chi connectivity index (χ0v) is 16.2. The van der Waals surface area contributed by atoms with Crippen molar-refractivity contribution in [1.29, 1.82) is 0 Å². The maximum Gasteiger partial charge on any atom is 0.248 e. The third-order valence-electron chi connectivity index (χ3n) is 3.95. The van der Waals surface area contributed by atoms with E-state index in [1.807, 2.05) is 45.0 Å². The normalized spacial score (nSPS) is 10.5. The summed E-state index contributed by atoms with van der Waals surface area (Å²) in [5.41, 5.74) is 2.54. The fourth-order valence-corrected chi connectivity index (χ4v) is 2.70. The van der Waals surface area contributed by atoms with E-state index in [9.17, 15) is 4.79 Å². The quantitative estimate of drug-likeness (QED) is 0.645. The lowest BCUT2D eigenvalue weighted by Gasteiger charge is -2.12. The number of tetrazole rings is 1.